The van der Waals surface area contributed by atoms with Crippen LogP contribution in [-0.2, 0) is 32.6 Å². The Labute approximate surface area is 236 Å². The fourth-order valence-electron chi connectivity index (χ4n) is 4.35. The van der Waals surface area contributed by atoms with Crippen molar-refractivity contribution in [1.29, 1.82) is 0 Å². The number of nitrogens with zero attached hydrogens (tertiary/aromatic N) is 2. The summed E-state index contributed by atoms with van der Waals surface area (Å²) in [6, 6.07) is 20.6. The van der Waals surface area contributed by atoms with E-state index in [1.807, 2.05) is 54.6 Å². The van der Waals surface area contributed by atoms with Crippen LogP contribution in [0.25, 0.3) is 0 Å². The van der Waals surface area contributed by atoms with Crippen molar-refractivity contribution in [3.63, 3.8) is 0 Å². The number of nitrogens with one attached hydrogen (secondary N) is 1. The molecule has 0 radical (unpaired) electrons. The number of hydrogen-bond acceptors (Lipinski definition) is 6. The number of ether oxygens (including phenoxy) is 2. The van der Waals surface area contributed by atoms with Crippen LogP contribution in [0.3, 0.4) is 0 Å². The normalized spacial score (nSPS) is 13.3. The summed E-state index contributed by atoms with van der Waals surface area (Å²) < 4.78 is 38.8. The van der Waals surface area contributed by atoms with E-state index in [1.54, 1.807) is 18.2 Å². The predicted molar refractivity (Wildman–Crippen MR) is 152 cm³/mol. The maximum atomic E-state index is 14.0. The maximum Gasteiger partial charge on any atom is 0.244 e. The standard InChI is InChI=1S/C28H30BrN3O6S/c1-30-28(34)24(16-20-7-4-3-5-8-20)31(18-21-9-6-10-22(29)15-21)27(33)19-32(39(2,35)36)23-11-12-25-26(17-23)38-14-13-37-25/h3-12,15,17,24H,13-14,16,18-19H2,1-2H3,(H,30,34). The minimum Gasteiger partial charge on any atom is -0.486 e. The summed E-state index contributed by atoms with van der Waals surface area (Å²) in [5.74, 6) is 0.0222. The second-order valence-corrected chi connectivity index (χ2v) is 11.9. The van der Waals surface area contributed by atoms with Gasteiger partial charge in [-0.15, -0.1) is 0 Å². The Bertz CT molecular complexity index is 1430. The lowest BCUT2D eigenvalue weighted by atomic mass is 10.0. The third kappa shape index (κ3) is 7.30. The third-order valence-electron chi connectivity index (χ3n) is 6.25. The number of rotatable bonds is 10. The first-order valence-corrected chi connectivity index (χ1v) is 15.0. The zero-order valence-corrected chi connectivity index (χ0v) is 24.1. The Morgan fingerprint density at radius 2 is 1.64 bits per heavy atom. The van der Waals surface area contributed by atoms with Crippen LogP contribution in [0, 0.1) is 0 Å². The Balaban J connectivity index is 1.71. The highest BCUT2D eigenvalue weighted by atomic mass is 79.9. The lowest BCUT2D eigenvalue weighted by Gasteiger charge is -2.33. The summed E-state index contributed by atoms with van der Waals surface area (Å²) in [5.41, 5.74) is 1.91. The molecule has 1 aliphatic heterocycles. The number of fused-ring (bicyclic) bond motifs is 1. The van der Waals surface area contributed by atoms with Crippen LogP contribution in [0.2, 0.25) is 0 Å². The number of anilines is 1. The summed E-state index contributed by atoms with van der Waals surface area (Å²) in [4.78, 5) is 28.6. The van der Waals surface area contributed by atoms with Gasteiger partial charge in [-0.1, -0.05) is 58.4 Å². The molecule has 1 N–H and O–H groups in total. The summed E-state index contributed by atoms with van der Waals surface area (Å²) in [5, 5.41) is 2.66. The van der Waals surface area contributed by atoms with Crippen molar-refractivity contribution in [2.45, 2.75) is 19.0 Å². The van der Waals surface area contributed by atoms with Crippen LogP contribution in [0.5, 0.6) is 11.5 Å². The largest absolute Gasteiger partial charge is 0.486 e. The zero-order chi connectivity index (χ0) is 28.0. The fraction of sp³-hybridized carbons (Fsp3) is 0.286. The van der Waals surface area contributed by atoms with E-state index in [2.05, 4.69) is 21.2 Å². The summed E-state index contributed by atoms with van der Waals surface area (Å²) in [6.45, 7) is 0.326. The number of carbonyl (C=O) groups is 2. The van der Waals surface area contributed by atoms with Gasteiger partial charge in [-0.05, 0) is 35.4 Å². The molecule has 0 fully saturated rings. The molecule has 1 unspecified atom stereocenters. The number of likely N-dealkylation sites (N-methyl/N-ethyl adjacent to an activating group) is 1. The molecule has 39 heavy (non-hydrogen) atoms. The van der Waals surface area contributed by atoms with Crippen LogP contribution in [0.15, 0.2) is 77.3 Å². The molecule has 0 aromatic heterocycles. The topological polar surface area (TPSA) is 105 Å². The minimum atomic E-state index is -3.88. The number of sulfonamides is 1. The van der Waals surface area contributed by atoms with Crippen molar-refractivity contribution in [2.75, 3.05) is 37.4 Å². The van der Waals surface area contributed by atoms with E-state index in [1.165, 1.54) is 11.9 Å². The highest BCUT2D eigenvalue weighted by Crippen LogP contribution is 2.34. The molecule has 3 aromatic carbocycles. The Hall–Kier alpha value is -3.57. The minimum absolute atomic E-state index is 0.0991. The molecular formula is C28H30BrN3O6S. The van der Waals surface area contributed by atoms with Gasteiger partial charge in [0.05, 0.1) is 11.9 Å². The number of amides is 2. The number of benzene rings is 3. The fourth-order valence-corrected chi connectivity index (χ4v) is 5.64. The quantitative estimate of drug-likeness (QED) is 0.375. The van der Waals surface area contributed by atoms with E-state index in [0.717, 1.165) is 26.2 Å². The molecule has 1 atom stereocenters. The van der Waals surface area contributed by atoms with Gasteiger partial charge in [-0.2, -0.15) is 0 Å². The van der Waals surface area contributed by atoms with Crippen molar-refractivity contribution >= 4 is 43.5 Å². The Kier molecular flexibility index (Phi) is 9.13. The molecule has 0 spiro atoms. The van der Waals surface area contributed by atoms with Crippen LogP contribution >= 0.6 is 15.9 Å². The van der Waals surface area contributed by atoms with E-state index in [-0.39, 0.29) is 24.6 Å². The van der Waals surface area contributed by atoms with Crippen molar-refractivity contribution in [3.8, 4) is 11.5 Å². The van der Waals surface area contributed by atoms with Gasteiger partial charge in [-0.3, -0.25) is 13.9 Å². The maximum absolute atomic E-state index is 14.0. The lowest BCUT2D eigenvalue weighted by Crippen LogP contribution is -2.52. The summed E-state index contributed by atoms with van der Waals surface area (Å²) in [7, 11) is -2.37. The molecule has 1 aliphatic rings. The molecule has 206 valence electrons. The average Bonchev–Trinajstić information content (AvgIpc) is 2.92. The molecule has 0 saturated carbocycles. The van der Waals surface area contributed by atoms with Crippen molar-refractivity contribution in [2.24, 2.45) is 0 Å². The van der Waals surface area contributed by atoms with Crippen LogP contribution in [0.1, 0.15) is 11.1 Å². The van der Waals surface area contributed by atoms with Gasteiger partial charge < -0.3 is 19.7 Å². The van der Waals surface area contributed by atoms with Gasteiger partial charge in [0, 0.05) is 30.6 Å². The molecule has 9 nitrogen and oxygen atoms in total. The summed E-state index contributed by atoms with van der Waals surface area (Å²) in [6.07, 6.45) is 1.29. The molecule has 0 bridgehead atoms. The first-order valence-electron chi connectivity index (χ1n) is 12.3. The SMILES string of the molecule is CNC(=O)C(Cc1ccccc1)N(Cc1cccc(Br)c1)C(=O)CN(c1ccc2c(c1)OCCO2)S(C)(=O)=O. The first-order chi connectivity index (χ1) is 18.7. The van der Waals surface area contributed by atoms with Crippen LogP contribution in [-0.4, -0.2) is 64.2 Å². The smallest absolute Gasteiger partial charge is 0.244 e. The van der Waals surface area contributed by atoms with E-state index in [4.69, 9.17) is 9.47 Å². The molecular weight excluding hydrogens is 586 g/mol. The molecule has 0 saturated heterocycles. The van der Waals surface area contributed by atoms with Gasteiger partial charge in [0.25, 0.3) is 0 Å². The first kappa shape index (κ1) is 28.4. The van der Waals surface area contributed by atoms with Crippen molar-refractivity contribution in [1.82, 2.24) is 10.2 Å². The van der Waals surface area contributed by atoms with Crippen LogP contribution < -0.4 is 19.1 Å². The lowest BCUT2D eigenvalue weighted by molar-refractivity contribution is -0.139. The zero-order valence-electron chi connectivity index (χ0n) is 21.7. The Morgan fingerprint density at radius 1 is 0.949 bits per heavy atom. The van der Waals surface area contributed by atoms with Gasteiger partial charge in [0.1, 0.15) is 25.8 Å². The molecule has 11 heteroatoms. The molecule has 3 aromatic rings. The van der Waals surface area contributed by atoms with Gasteiger partial charge >= 0.3 is 0 Å². The van der Waals surface area contributed by atoms with Gasteiger partial charge in [0.15, 0.2) is 11.5 Å². The van der Waals surface area contributed by atoms with Crippen LogP contribution in [0.4, 0.5) is 5.69 Å². The highest BCUT2D eigenvalue weighted by molar-refractivity contribution is 9.10. The van der Waals surface area contributed by atoms with E-state index in [9.17, 15) is 18.0 Å². The predicted octanol–water partition coefficient (Wildman–Crippen LogP) is 3.37. The monoisotopic (exact) mass is 615 g/mol. The number of hydrogen-bond donors (Lipinski definition) is 1. The van der Waals surface area contributed by atoms with Gasteiger partial charge in [0.2, 0.25) is 21.8 Å². The number of carbonyl (C=O) groups excluding carboxylic acids is 2. The van der Waals surface area contributed by atoms with E-state index >= 15 is 0 Å². The second-order valence-electron chi connectivity index (χ2n) is 9.07. The molecule has 1 heterocycles. The summed E-state index contributed by atoms with van der Waals surface area (Å²) >= 11 is 3.46. The molecule has 4 rings (SSSR count). The van der Waals surface area contributed by atoms with E-state index in [0.29, 0.717) is 24.7 Å². The van der Waals surface area contributed by atoms with Crippen molar-refractivity contribution in [3.05, 3.63) is 88.4 Å². The number of halogens is 1. The molecule has 2 amide bonds. The molecule has 0 aliphatic carbocycles. The second kappa shape index (κ2) is 12.5. The Morgan fingerprint density at radius 3 is 2.31 bits per heavy atom. The van der Waals surface area contributed by atoms with Crippen molar-refractivity contribution < 1.29 is 27.5 Å². The van der Waals surface area contributed by atoms with E-state index < -0.39 is 28.5 Å². The van der Waals surface area contributed by atoms with Gasteiger partial charge in [-0.25, -0.2) is 8.42 Å². The highest BCUT2D eigenvalue weighted by Gasteiger charge is 2.33. The average molecular weight is 617 g/mol. The third-order valence-corrected chi connectivity index (χ3v) is 7.89.